The molecule has 0 spiro atoms. The van der Waals surface area contributed by atoms with Crippen LogP contribution in [0.25, 0.3) is 0 Å². The molecule has 1 N–H and O–H groups in total. The smallest absolute Gasteiger partial charge is 0.402 e. The first kappa shape index (κ1) is 16.0. The summed E-state index contributed by atoms with van der Waals surface area (Å²) in [6.07, 6.45) is -2.92. The van der Waals surface area contributed by atoms with Gasteiger partial charge >= 0.3 is 21.3 Å². The molecule has 3 aliphatic heterocycles. The maximum absolute atomic E-state index is 13.0. The number of esters is 1. The molecule has 3 saturated heterocycles. The zero-order chi connectivity index (χ0) is 16.5. The van der Waals surface area contributed by atoms with Crippen LogP contribution in [0.2, 0.25) is 0 Å². The van der Waals surface area contributed by atoms with E-state index in [2.05, 4.69) is 4.74 Å². The van der Waals surface area contributed by atoms with Crippen molar-refractivity contribution in [1.82, 2.24) is 0 Å². The molecule has 126 valence electrons. The summed E-state index contributed by atoms with van der Waals surface area (Å²) in [5.74, 6) is -2.51. The highest BCUT2D eigenvalue weighted by Crippen LogP contribution is 2.50. The molecule has 0 aromatic rings. The van der Waals surface area contributed by atoms with Gasteiger partial charge in [-0.1, -0.05) is 0 Å². The monoisotopic (exact) mass is 364 g/mol. The number of hydrogen-bond donors (Lipinski definition) is 1. The van der Waals surface area contributed by atoms with Crippen LogP contribution >= 0.6 is 0 Å². The van der Waals surface area contributed by atoms with Crippen molar-refractivity contribution in [2.75, 3.05) is 6.61 Å². The molecular weight excluding hydrogens is 354 g/mol. The molecular formula is C9H10F2O9S2. The number of ether oxygens (including phenoxy) is 2. The molecule has 9 nitrogen and oxygen atoms in total. The molecule has 0 aliphatic carbocycles. The summed E-state index contributed by atoms with van der Waals surface area (Å²) in [5, 5.41) is -5.56. The highest BCUT2D eigenvalue weighted by molar-refractivity contribution is 7.87. The van der Waals surface area contributed by atoms with Crippen molar-refractivity contribution in [3.8, 4) is 0 Å². The van der Waals surface area contributed by atoms with E-state index >= 15 is 0 Å². The van der Waals surface area contributed by atoms with E-state index in [1.54, 1.807) is 0 Å². The van der Waals surface area contributed by atoms with Gasteiger partial charge in [-0.25, -0.2) is 0 Å². The van der Waals surface area contributed by atoms with Crippen LogP contribution in [0.15, 0.2) is 0 Å². The third kappa shape index (κ3) is 2.22. The molecule has 3 aliphatic rings. The Morgan fingerprint density at radius 3 is 2.59 bits per heavy atom. The number of rotatable bonds is 4. The zero-order valence-electron chi connectivity index (χ0n) is 10.6. The quantitative estimate of drug-likeness (QED) is 0.374. The van der Waals surface area contributed by atoms with Crippen molar-refractivity contribution in [2.45, 2.75) is 35.2 Å². The fourth-order valence-corrected chi connectivity index (χ4v) is 4.74. The molecule has 3 heterocycles. The Morgan fingerprint density at radius 2 is 2.00 bits per heavy atom. The van der Waals surface area contributed by atoms with Gasteiger partial charge in [-0.3, -0.25) is 13.5 Å². The lowest BCUT2D eigenvalue weighted by Crippen LogP contribution is -2.42. The van der Waals surface area contributed by atoms with Crippen LogP contribution in [0, 0.1) is 5.92 Å². The number of carbonyl (C=O) groups is 1. The topological polar surface area (TPSA) is 133 Å². The van der Waals surface area contributed by atoms with Gasteiger partial charge < -0.3 is 9.47 Å². The molecule has 5 unspecified atom stereocenters. The molecule has 3 fully saturated rings. The first-order valence-corrected chi connectivity index (χ1v) is 8.94. The lowest BCUT2D eigenvalue weighted by Gasteiger charge is -2.21. The molecule has 2 bridgehead atoms. The van der Waals surface area contributed by atoms with Gasteiger partial charge in [0.2, 0.25) is 0 Å². The Morgan fingerprint density at radius 1 is 1.36 bits per heavy atom. The first-order chi connectivity index (χ1) is 9.94. The second-order valence-electron chi connectivity index (χ2n) is 5.21. The Balaban J connectivity index is 1.71. The molecule has 22 heavy (non-hydrogen) atoms. The van der Waals surface area contributed by atoms with Gasteiger partial charge in [0.05, 0.1) is 6.10 Å². The second kappa shape index (κ2) is 4.56. The standard InChI is InChI=1S/C9H10F2O9S2/c10-9(11,22(15,16)17)2-18-8(12)5-3-1-4-6(19-3)7(5)20-21(4,13)14/h3-7H,1-2H2,(H,15,16,17). The Kier molecular flexibility index (Phi) is 3.32. The third-order valence-electron chi connectivity index (χ3n) is 3.89. The summed E-state index contributed by atoms with van der Waals surface area (Å²) in [6, 6.07) is 0. The normalized spacial score (nSPS) is 39.1. The van der Waals surface area contributed by atoms with Crippen molar-refractivity contribution in [1.29, 1.82) is 0 Å². The summed E-state index contributed by atoms with van der Waals surface area (Å²) in [7, 11) is -9.61. The highest BCUT2D eigenvalue weighted by atomic mass is 32.2. The van der Waals surface area contributed by atoms with Crippen LogP contribution in [0.5, 0.6) is 0 Å². The van der Waals surface area contributed by atoms with Crippen LogP contribution in [0.4, 0.5) is 8.78 Å². The fraction of sp³-hybridized carbons (Fsp3) is 0.889. The molecule has 5 atom stereocenters. The molecule has 0 amide bonds. The number of hydrogen-bond acceptors (Lipinski definition) is 8. The van der Waals surface area contributed by atoms with Gasteiger partial charge in [-0.15, -0.1) is 0 Å². The summed E-state index contributed by atoms with van der Waals surface area (Å²) < 4.78 is 92.6. The predicted molar refractivity (Wildman–Crippen MR) is 61.8 cm³/mol. The van der Waals surface area contributed by atoms with Gasteiger partial charge in [0.1, 0.15) is 23.4 Å². The van der Waals surface area contributed by atoms with E-state index in [9.17, 15) is 30.4 Å². The number of alkyl halides is 2. The van der Waals surface area contributed by atoms with Crippen molar-refractivity contribution >= 4 is 26.2 Å². The molecule has 13 heteroatoms. The second-order valence-corrected chi connectivity index (χ2v) is 8.54. The van der Waals surface area contributed by atoms with E-state index in [4.69, 9.17) is 13.5 Å². The molecule has 0 aromatic carbocycles. The van der Waals surface area contributed by atoms with Crippen molar-refractivity contribution < 1.29 is 48.6 Å². The van der Waals surface area contributed by atoms with Crippen molar-refractivity contribution in [2.24, 2.45) is 5.92 Å². The van der Waals surface area contributed by atoms with Crippen molar-refractivity contribution in [3.05, 3.63) is 0 Å². The van der Waals surface area contributed by atoms with E-state index in [1.165, 1.54) is 0 Å². The van der Waals surface area contributed by atoms with Crippen LogP contribution in [0.1, 0.15) is 6.42 Å². The fourth-order valence-electron chi connectivity index (χ4n) is 2.88. The number of halogens is 2. The Bertz CT molecular complexity index is 715. The summed E-state index contributed by atoms with van der Waals surface area (Å²) >= 11 is 0. The number of carbonyl (C=O) groups excluding carboxylic acids is 1. The van der Waals surface area contributed by atoms with Gasteiger partial charge in [0, 0.05) is 0 Å². The summed E-state index contributed by atoms with van der Waals surface area (Å²) in [5.41, 5.74) is 0. The van der Waals surface area contributed by atoms with E-state index in [0.29, 0.717) is 0 Å². The van der Waals surface area contributed by atoms with E-state index in [-0.39, 0.29) is 6.42 Å². The molecule has 0 aromatic heterocycles. The van der Waals surface area contributed by atoms with E-state index in [0.717, 1.165) is 0 Å². The lowest BCUT2D eigenvalue weighted by molar-refractivity contribution is -0.158. The van der Waals surface area contributed by atoms with Gasteiger partial charge in [-0.05, 0) is 6.42 Å². The predicted octanol–water partition coefficient (Wildman–Crippen LogP) is -1.11. The van der Waals surface area contributed by atoms with Gasteiger partial charge in [0.15, 0.2) is 6.61 Å². The van der Waals surface area contributed by atoms with Gasteiger partial charge in [-0.2, -0.15) is 25.6 Å². The molecule has 0 saturated carbocycles. The van der Waals surface area contributed by atoms with Crippen LogP contribution in [-0.4, -0.2) is 62.8 Å². The molecule has 3 rings (SSSR count). The minimum Gasteiger partial charge on any atom is -0.458 e. The SMILES string of the molecule is O=C(OCC(F)(F)S(=O)(=O)O)C1C2CC3C(O2)C1OS3(=O)=O. The average Bonchev–Trinajstić information content (AvgIpc) is 2.95. The van der Waals surface area contributed by atoms with Crippen molar-refractivity contribution in [3.63, 3.8) is 0 Å². The van der Waals surface area contributed by atoms with Crippen LogP contribution < -0.4 is 0 Å². The molecule has 0 radical (unpaired) electrons. The summed E-state index contributed by atoms with van der Waals surface area (Å²) in [4.78, 5) is 11.8. The third-order valence-corrected chi connectivity index (χ3v) is 6.45. The highest BCUT2D eigenvalue weighted by Gasteiger charge is 2.68. The van der Waals surface area contributed by atoms with Gasteiger partial charge in [0.25, 0.3) is 10.1 Å². The van der Waals surface area contributed by atoms with Crippen LogP contribution in [-0.2, 0) is 38.7 Å². The van der Waals surface area contributed by atoms with E-state index < -0.39 is 67.5 Å². The Labute approximate surface area is 123 Å². The summed E-state index contributed by atoms with van der Waals surface area (Å²) in [6.45, 7) is -1.89. The maximum Gasteiger partial charge on any atom is 0.402 e. The largest absolute Gasteiger partial charge is 0.458 e. The zero-order valence-corrected chi connectivity index (χ0v) is 12.2. The lowest BCUT2D eigenvalue weighted by atomic mass is 9.86. The Hall–Kier alpha value is -0.890. The van der Waals surface area contributed by atoms with Crippen LogP contribution in [0.3, 0.4) is 0 Å². The minimum absolute atomic E-state index is 0.0298. The minimum atomic E-state index is -5.73. The first-order valence-electron chi connectivity index (χ1n) is 6.03. The number of fused-ring (bicyclic) bond motifs is 1. The maximum atomic E-state index is 13.0. The average molecular weight is 364 g/mol. The van der Waals surface area contributed by atoms with E-state index in [1.807, 2.05) is 0 Å².